The number of rotatable bonds is 9. The van der Waals surface area contributed by atoms with Gasteiger partial charge in [0.1, 0.15) is 12.1 Å². The Morgan fingerprint density at radius 1 is 0.880 bits per heavy atom. The van der Waals surface area contributed by atoms with E-state index in [0.29, 0.717) is 56.8 Å². The van der Waals surface area contributed by atoms with Crippen molar-refractivity contribution in [1.29, 1.82) is 0 Å². The molecule has 266 valence electrons. The number of nitrogens with zero attached hydrogens (tertiary/aromatic N) is 1. The predicted octanol–water partition coefficient (Wildman–Crippen LogP) is 4.79. The van der Waals surface area contributed by atoms with Crippen molar-refractivity contribution >= 4 is 52.0 Å². The molecule has 2 heterocycles. The number of nitrogens with two attached hydrogens (primary N) is 2. The van der Waals surface area contributed by atoms with Gasteiger partial charge in [0.05, 0.1) is 11.1 Å². The Morgan fingerprint density at radius 3 is 2.42 bits per heavy atom. The average molecular weight is 718 g/mol. The minimum absolute atomic E-state index is 0.216. The molecule has 0 radical (unpaired) electrons. The first-order valence-electron chi connectivity index (χ1n) is 17.3. The smallest absolute Gasteiger partial charge is 0.245 e. The van der Waals surface area contributed by atoms with Gasteiger partial charge in [0.15, 0.2) is 0 Å². The molecule has 0 fully saturated rings. The van der Waals surface area contributed by atoms with Crippen molar-refractivity contribution in [3.63, 3.8) is 0 Å². The topological polar surface area (TPSA) is 158 Å². The van der Waals surface area contributed by atoms with Gasteiger partial charge in [-0.25, -0.2) is 0 Å². The highest BCUT2D eigenvalue weighted by Gasteiger charge is 2.34. The number of carbonyl (C=O) groups excluding carboxylic acids is 3. The highest BCUT2D eigenvalue weighted by Crippen LogP contribution is 2.38. The summed E-state index contributed by atoms with van der Waals surface area (Å²) in [7, 11) is 1.64. The van der Waals surface area contributed by atoms with E-state index in [0.717, 1.165) is 42.9 Å². The number of benzene rings is 3. The van der Waals surface area contributed by atoms with Crippen LogP contribution in [0.3, 0.4) is 0 Å². The van der Waals surface area contributed by atoms with Crippen LogP contribution in [-0.2, 0) is 33.9 Å². The van der Waals surface area contributed by atoms with Gasteiger partial charge in [0.25, 0.3) is 0 Å². The standard InChI is InChI=1S/C38H48ClN7O3S/c1-24-18-27-23-44-37(48)33(20-26-22-42-30-12-5-4-11-28(26)30)46(2)38(49)32(13-7-8-16-40)45-36(47)31(14-9-17-41)43-21-25-10-3-6-15-34(25)50-35(27)29(39)19-24/h3-6,10-12,15,18-19,22,31-33,42-43H,7-9,13-14,16-17,20-21,23,40-41H2,1-2H3,(H,44,48)(H,45,47)/t31-,32-,33-/m0/s1. The molecule has 1 aromatic heterocycles. The summed E-state index contributed by atoms with van der Waals surface area (Å²) in [5.41, 5.74) is 16.4. The molecule has 3 amide bonds. The number of aryl methyl sites for hydroxylation is 1. The van der Waals surface area contributed by atoms with E-state index in [9.17, 15) is 14.4 Å². The Balaban J connectivity index is 1.57. The summed E-state index contributed by atoms with van der Waals surface area (Å²) in [6, 6.07) is 17.5. The Hall–Kier alpha value is -3.87. The second-order valence-corrected chi connectivity index (χ2v) is 14.4. The van der Waals surface area contributed by atoms with E-state index >= 15 is 0 Å². The molecule has 1 aliphatic heterocycles. The number of para-hydroxylation sites is 1. The molecule has 1 aliphatic rings. The lowest BCUT2D eigenvalue weighted by Gasteiger charge is -2.32. The normalized spacial score (nSPS) is 19.4. The first kappa shape index (κ1) is 37.4. The lowest BCUT2D eigenvalue weighted by molar-refractivity contribution is -0.142. The number of nitrogens with one attached hydrogen (secondary N) is 4. The van der Waals surface area contributed by atoms with Crippen molar-refractivity contribution in [2.24, 2.45) is 11.5 Å². The van der Waals surface area contributed by atoms with Crippen molar-refractivity contribution in [3.05, 3.63) is 94.1 Å². The number of H-pyrrole nitrogens is 1. The van der Waals surface area contributed by atoms with Gasteiger partial charge in [-0.3, -0.25) is 14.4 Å². The molecule has 0 saturated heterocycles. The van der Waals surface area contributed by atoms with Gasteiger partial charge in [-0.05, 0) is 92.6 Å². The summed E-state index contributed by atoms with van der Waals surface area (Å²) in [6.45, 7) is 3.51. The van der Waals surface area contributed by atoms with Crippen LogP contribution < -0.4 is 27.4 Å². The molecule has 0 bridgehead atoms. The van der Waals surface area contributed by atoms with Crippen molar-refractivity contribution in [2.45, 2.75) is 86.5 Å². The lowest BCUT2D eigenvalue weighted by Crippen LogP contribution is -2.57. The monoisotopic (exact) mass is 717 g/mol. The number of likely N-dealkylation sites (N-methyl/N-ethyl adjacent to an activating group) is 1. The van der Waals surface area contributed by atoms with E-state index in [-0.39, 0.29) is 30.7 Å². The second kappa shape index (κ2) is 17.9. The molecule has 5 rings (SSSR count). The molecule has 4 aromatic rings. The van der Waals surface area contributed by atoms with Gasteiger partial charge in [0, 0.05) is 53.4 Å². The van der Waals surface area contributed by atoms with E-state index in [2.05, 4.69) is 20.9 Å². The number of aromatic amines is 1. The number of hydrogen-bond acceptors (Lipinski definition) is 7. The fourth-order valence-corrected chi connectivity index (χ4v) is 7.89. The number of hydrogen-bond donors (Lipinski definition) is 6. The third-order valence-corrected chi connectivity index (χ3v) is 10.9. The Labute approximate surface area is 303 Å². The number of halogens is 1. The molecule has 0 aliphatic carbocycles. The molecule has 0 saturated carbocycles. The Bertz CT molecular complexity index is 1800. The SMILES string of the molecule is Cc1cc(Cl)c2c(c1)CNC(=O)[C@H](Cc1c[nH]c3ccccc13)N(C)C(=O)[C@H](CCCCN)NC(=O)[C@H](CCCN)NCc1ccccc1S2. The molecular formula is C38H48ClN7O3S. The maximum absolute atomic E-state index is 14.4. The van der Waals surface area contributed by atoms with E-state index in [1.54, 1.807) is 7.05 Å². The summed E-state index contributed by atoms with van der Waals surface area (Å²) in [6.07, 6.45) is 5.02. The summed E-state index contributed by atoms with van der Waals surface area (Å²) in [5.74, 6) is -0.926. The summed E-state index contributed by atoms with van der Waals surface area (Å²) >= 11 is 8.41. The predicted molar refractivity (Wildman–Crippen MR) is 201 cm³/mol. The van der Waals surface area contributed by atoms with Crippen LogP contribution in [0.4, 0.5) is 0 Å². The van der Waals surface area contributed by atoms with Crippen LogP contribution in [0.25, 0.3) is 10.9 Å². The van der Waals surface area contributed by atoms with Gasteiger partial charge in [-0.1, -0.05) is 65.8 Å². The van der Waals surface area contributed by atoms with E-state index in [1.165, 1.54) is 16.7 Å². The molecule has 3 atom stereocenters. The molecule has 8 N–H and O–H groups in total. The molecule has 10 nitrogen and oxygen atoms in total. The third-order valence-electron chi connectivity index (χ3n) is 9.22. The summed E-state index contributed by atoms with van der Waals surface area (Å²) in [5, 5.41) is 11.2. The summed E-state index contributed by atoms with van der Waals surface area (Å²) < 4.78 is 0. The molecule has 50 heavy (non-hydrogen) atoms. The van der Waals surface area contributed by atoms with Crippen LogP contribution >= 0.6 is 23.4 Å². The number of aromatic nitrogens is 1. The summed E-state index contributed by atoms with van der Waals surface area (Å²) in [4.78, 5) is 49.2. The number of unbranched alkanes of at least 4 members (excludes halogenated alkanes) is 1. The van der Waals surface area contributed by atoms with Gasteiger partial charge >= 0.3 is 0 Å². The van der Waals surface area contributed by atoms with Gasteiger partial charge in [0.2, 0.25) is 17.7 Å². The fraction of sp³-hybridized carbons (Fsp3) is 0.395. The quantitative estimate of drug-likeness (QED) is 0.136. The minimum Gasteiger partial charge on any atom is -0.361 e. The fourth-order valence-electron chi connectivity index (χ4n) is 6.42. The minimum atomic E-state index is -0.866. The van der Waals surface area contributed by atoms with Gasteiger partial charge < -0.3 is 37.3 Å². The maximum Gasteiger partial charge on any atom is 0.245 e. The van der Waals surface area contributed by atoms with Gasteiger partial charge in [-0.15, -0.1) is 0 Å². The molecule has 0 spiro atoms. The number of amides is 3. The first-order valence-corrected chi connectivity index (χ1v) is 18.5. The number of carbonyl (C=O) groups is 3. The van der Waals surface area contributed by atoms with Crippen LogP contribution in [0, 0.1) is 6.92 Å². The zero-order valence-electron chi connectivity index (χ0n) is 28.8. The Morgan fingerprint density at radius 2 is 1.62 bits per heavy atom. The molecule has 3 aromatic carbocycles. The molecular weight excluding hydrogens is 670 g/mol. The van der Waals surface area contributed by atoms with Gasteiger partial charge in [-0.2, -0.15) is 0 Å². The number of fused-ring (bicyclic) bond motifs is 3. The van der Waals surface area contributed by atoms with Crippen molar-refractivity contribution < 1.29 is 14.4 Å². The van der Waals surface area contributed by atoms with Crippen LogP contribution in [0.1, 0.15) is 54.4 Å². The zero-order valence-corrected chi connectivity index (χ0v) is 30.3. The van der Waals surface area contributed by atoms with Crippen molar-refractivity contribution in [3.8, 4) is 0 Å². The second-order valence-electron chi connectivity index (χ2n) is 12.9. The first-order chi connectivity index (χ1) is 24.2. The highest BCUT2D eigenvalue weighted by molar-refractivity contribution is 7.99. The highest BCUT2D eigenvalue weighted by atomic mass is 35.5. The van der Waals surface area contributed by atoms with E-state index < -0.39 is 18.1 Å². The maximum atomic E-state index is 14.4. The Kier molecular flexibility index (Phi) is 13.4. The van der Waals surface area contributed by atoms with E-state index in [4.69, 9.17) is 23.1 Å². The van der Waals surface area contributed by atoms with Crippen molar-refractivity contribution in [1.82, 2.24) is 25.8 Å². The largest absolute Gasteiger partial charge is 0.361 e. The zero-order chi connectivity index (χ0) is 35.6. The molecule has 12 heteroatoms. The van der Waals surface area contributed by atoms with Crippen LogP contribution in [0.2, 0.25) is 5.02 Å². The van der Waals surface area contributed by atoms with E-state index in [1.807, 2.05) is 73.8 Å². The van der Waals surface area contributed by atoms with Crippen LogP contribution in [0.5, 0.6) is 0 Å². The molecule has 0 unspecified atom stereocenters. The van der Waals surface area contributed by atoms with Crippen molar-refractivity contribution in [2.75, 3.05) is 20.1 Å². The van der Waals surface area contributed by atoms with Crippen LogP contribution in [0.15, 0.2) is 76.7 Å². The average Bonchev–Trinajstić information content (AvgIpc) is 3.52. The van der Waals surface area contributed by atoms with Crippen LogP contribution in [-0.4, -0.2) is 65.9 Å². The third kappa shape index (κ3) is 9.26. The lowest BCUT2D eigenvalue weighted by atomic mass is 10.0.